The molecule has 0 fully saturated rings. The van der Waals surface area contributed by atoms with Crippen molar-refractivity contribution in [1.82, 2.24) is 4.90 Å². The molecule has 2 amide bonds. The van der Waals surface area contributed by atoms with E-state index in [9.17, 15) is 9.59 Å². The van der Waals surface area contributed by atoms with Gasteiger partial charge in [0.1, 0.15) is 12.3 Å². The molecule has 0 spiro atoms. The molecule has 1 unspecified atom stereocenters. The summed E-state index contributed by atoms with van der Waals surface area (Å²) in [4.78, 5) is 27.7. The zero-order valence-corrected chi connectivity index (χ0v) is 12.1. The lowest BCUT2D eigenvalue weighted by Gasteiger charge is -2.33. The summed E-state index contributed by atoms with van der Waals surface area (Å²) < 4.78 is 5.55. The van der Waals surface area contributed by atoms with Crippen molar-refractivity contribution in [2.24, 2.45) is 0 Å². The van der Waals surface area contributed by atoms with E-state index in [1.165, 1.54) is 4.90 Å². The number of hydrogen-bond acceptors (Lipinski definition) is 3. The number of nitrogens with zero attached hydrogens (tertiary/aromatic N) is 2. The Bertz CT molecular complexity index is 512. The van der Waals surface area contributed by atoms with Crippen LogP contribution < -0.4 is 9.64 Å². The van der Waals surface area contributed by atoms with Crippen LogP contribution in [0.1, 0.15) is 20.8 Å². The standard InChI is InChI=1S/C15H20N2O3/c1-4-16(5-2)14(18)10-17-12-8-6-7-9-13(12)20-11(3)15(17)19/h6-9,11H,4-5,10H2,1-3H3. The number of hydrogen-bond donors (Lipinski definition) is 0. The molecule has 1 atom stereocenters. The van der Waals surface area contributed by atoms with Crippen molar-refractivity contribution in [3.8, 4) is 5.75 Å². The van der Waals surface area contributed by atoms with Crippen LogP contribution in [0, 0.1) is 0 Å². The van der Waals surface area contributed by atoms with E-state index in [4.69, 9.17) is 4.74 Å². The second kappa shape index (κ2) is 5.94. The fourth-order valence-corrected chi connectivity index (χ4v) is 2.33. The van der Waals surface area contributed by atoms with Crippen LogP contribution in [0.4, 0.5) is 5.69 Å². The van der Waals surface area contributed by atoms with E-state index in [1.54, 1.807) is 17.9 Å². The third kappa shape index (κ3) is 2.61. The molecule has 0 radical (unpaired) electrons. The highest BCUT2D eigenvalue weighted by atomic mass is 16.5. The predicted octanol–water partition coefficient (Wildman–Crippen LogP) is 1.67. The molecule has 108 valence electrons. The Morgan fingerprint density at radius 3 is 2.60 bits per heavy atom. The maximum atomic E-state index is 12.3. The molecule has 1 aliphatic heterocycles. The lowest BCUT2D eigenvalue weighted by molar-refractivity contribution is -0.132. The summed E-state index contributed by atoms with van der Waals surface area (Å²) in [6.45, 7) is 6.91. The van der Waals surface area contributed by atoms with Crippen molar-refractivity contribution in [1.29, 1.82) is 0 Å². The number of amides is 2. The maximum Gasteiger partial charge on any atom is 0.268 e. The predicted molar refractivity (Wildman–Crippen MR) is 76.8 cm³/mol. The Balaban J connectivity index is 2.26. The molecule has 0 saturated heterocycles. The molecule has 1 aliphatic rings. The van der Waals surface area contributed by atoms with Gasteiger partial charge in [0.05, 0.1) is 5.69 Å². The highest BCUT2D eigenvalue weighted by Crippen LogP contribution is 2.33. The Morgan fingerprint density at radius 1 is 1.30 bits per heavy atom. The van der Waals surface area contributed by atoms with Gasteiger partial charge in [0.25, 0.3) is 5.91 Å². The van der Waals surface area contributed by atoms with Crippen molar-refractivity contribution < 1.29 is 14.3 Å². The van der Waals surface area contributed by atoms with Crippen LogP contribution in [0.3, 0.4) is 0 Å². The number of likely N-dealkylation sites (N-methyl/N-ethyl adjacent to an activating group) is 1. The minimum Gasteiger partial charge on any atom is -0.479 e. The summed E-state index contributed by atoms with van der Waals surface area (Å²) in [5.74, 6) is 0.420. The average molecular weight is 276 g/mol. The van der Waals surface area contributed by atoms with Crippen molar-refractivity contribution in [2.45, 2.75) is 26.9 Å². The van der Waals surface area contributed by atoms with Gasteiger partial charge in [-0.05, 0) is 32.9 Å². The van der Waals surface area contributed by atoms with Crippen LogP contribution in [-0.4, -0.2) is 42.5 Å². The number of anilines is 1. The molecule has 0 N–H and O–H groups in total. The third-order valence-corrected chi connectivity index (χ3v) is 3.48. The highest BCUT2D eigenvalue weighted by molar-refractivity contribution is 6.03. The molecule has 0 bridgehead atoms. The van der Waals surface area contributed by atoms with Gasteiger partial charge in [0.15, 0.2) is 6.10 Å². The highest BCUT2D eigenvalue weighted by Gasteiger charge is 2.33. The molecule has 20 heavy (non-hydrogen) atoms. The number of fused-ring (bicyclic) bond motifs is 1. The molecule has 0 aliphatic carbocycles. The number of benzene rings is 1. The minimum atomic E-state index is -0.561. The van der Waals surface area contributed by atoms with E-state index in [1.807, 2.05) is 32.0 Å². The zero-order chi connectivity index (χ0) is 14.7. The van der Waals surface area contributed by atoms with E-state index in [0.717, 1.165) is 0 Å². The SMILES string of the molecule is CCN(CC)C(=O)CN1C(=O)C(C)Oc2ccccc21. The number of rotatable bonds is 4. The van der Waals surface area contributed by atoms with Crippen LogP contribution in [0.25, 0.3) is 0 Å². The zero-order valence-electron chi connectivity index (χ0n) is 12.1. The van der Waals surface area contributed by atoms with Gasteiger partial charge in [-0.25, -0.2) is 0 Å². The van der Waals surface area contributed by atoms with Gasteiger partial charge in [-0.15, -0.1) is 0 Å². The molecule has 2 rings (SSSR count). The normalized spacial score (nSPS) is 17.4. The molecule has 5 nitrogen and oxygen atoms in total. The molecular weight excluding hydrogens is 256 g/mol. The number of ether oxygens (including phenoxy) is 1. The van der Waals surface area contributed by atoms with Gasteiger partial charge in [-0.2, -0.15) is 0 Å². The summed E-state index contributed by atoms with van der Waals surface area (Å²) in [5, 5.41) is 0. The van der Waals surface area contributed by atoms with Crippen LogP contribution in [0.5, 0.6) is 5.75 Å². The van der Waals surface area contributed by atoms with Crippen LogP contribution in [0.2, 0.25) is 0 Å². The van der Waals surface area contributed by atoms with E-state index in [-0.39, 0.29) is 18.4 Å². The Labute approximate surface area is 119 Å². The Hall–Kier alpha value is -2.04. The van der Waals surface area contributed by atoms with Gasteiger partial charge in [-0.3, -0.25) is 14.5 Å². The quantitative estimate of drug-likeness (QED) is 0.840. The number of carbonyl (C=O) groups excluding carboxylic acids is 2. The first-order chi connectivity index (χ1) is 9.58. The van der Waals surface area contributed by atoms with E-state index >= 15 is 0 Å². The van der Waals surface area contributed by atoms with Gasteiger partial charge in [-0.1, -0.05) is 12.1 Å². The first kappa shape index (κ1) is 14.4. The molecule has 5 heteroatoms. The average Bonchev–Trinajstić information content (AvgIpc) is 2.45. The summed E-state index contributed by atoms with van der Waals surface area (Å²) in [6, 6.07) is 7.30. The van der Waals surface area contributed by atoms with Gasteiger partial charge < -0.3 is 9.64 Å². The first-order valence-electron chi connectivity index (χ1n) is 6.93. The van der Waals surface area contributed by atoms with Crippen molar-refractivity contribution in [3.63, 3.8) is 0 Å². The molecule has 0 aromatic heterocycles. The van der Waals surface area contributed by atoms with Crippen LogP contribution in [-0.2, 0) is 9.59 Å². The van der Waals surface area contributed by atoms with E-state index in [2.05, 4.69) is 0 Å². The summed E-state index contributed by atoms with van der Waals surface area (Å²) in [7, 11) is 0. The first-order valence-corrected chi connectivity index (χ1v) is 6.93. The molecule has 1 aromatic rings. The minimum absolute atomic E-state index is 0.0488. The topological polar surface area (TPSA) is 49.9 Å². The third-order valence-electron chi connectivity index (χ3n) is 3.48. The molecule has 0 saturated carbocycles. The summed E-state index contributed by atoms with van der Waals surface area (Å²) >= 11 is 0. The molecule has 1 heterocycles. The fraction of sp³-hybridized carbons (Fsp3) is 0.467. The fourth-order valence-electron chi connectivity index (χ4n) is 2.33. The van der Waals surface area contributed by atoms with Crippen LogP contribution >= 0.6 is 0 Å². The molecule has 1 aromatic carbocycles. The summed E-state index contributed by atoms with van der Waals surface area (Å²) in [6.07, 6.45) is -0.561. The van der Waals surface area contributed by atoms with E-state index in [0.29, 0.717) is 24.5 Å². The maximum absolute atomic E-state index is 12.3. The van der Waals surface area contributed by atoms with Gasteiger partial charge in [0, 0.05) is 13.1 Å². The summed E-state index contributed by atoms with van der Waals surface area (Å²) in [5.41, 5.74) is 0.663. The molecular formula is C15H20N2O3. The number of para-hydroxylation sites is 2. The van der Waals surface area contributed by atoms with Crippen molar-refractivity contribution >= 4 is 17.5 Å². The van der Waals surface area contributed by atoms with Crippen LogP contribution in [0.15, 0.2) is 24.3 Å². The van der Waals surface area contributed by atoms with Crippen molar-refractivity contribution in [3.05, 3.63) is 24.3 Å². The number of carbonyl (C=O) groups is 2. The monoisotopic (exact) mass is 276 g/mol. The smallest absolute Gasteiger partial charge is 0.268 e. The van der Waals surface area contributed by atoms with Crippen molar-refractivity contribution in [2.75, 3.05) is 24.5 Å². The lowest BCUT2D eigenvalue weighted by Crippen LogP contribution is -2.49. The second-order valence-electron chi connectivity index (χ2n) is 4.72. The Kier molecular flexibility index (Phi) is 4.27. The van der Waals surface area contributed by atoms with Gasteiger partial charge >= 0.3 is 0 Å². The van der Waals surface area contributed by atoms with E-state index < -0.39 is 6.10 Å². The second-order valence-corrected chi connectivity index (χ2v) is 4.72. The van der Waals surface area contributed by atoms with Gasteiger partial charge in [0.2, 0.25) is 5.91 Å². The Morgan fingerprint density at radius 2 is 1.95 bits per heavy atom. The lowest BCUT2D eigenvalue weighted by atomic mass is 10.2. The largest absolute Gasteiger partial charge is 0.479 e.